The van der Waals surface area contributed by atoms with Crippen molar-refractivity contribution < 1.29 is 14.6 Å². The van der Waals surface area contributed by atoms with Gasteiger partial charge in [-0.15, -0.1) is 11.3 Å². The maximum atomic E-state index is 11.9. The summed E-state index contributed by atoms with van der Waals surface area (Å²) < 4.78 is 6.02. The molecule has 0 spiro atoms. The van der Waals surface area contributed by atoms with Crippen LogP contribution in [0, 0.1) is 0 Å². The molecule has 0 aliphatic rings. The van der Waals surface area contributed by atoms with E-state index in [4.69, 9.17) is 4.74 Å². The Morgan fingerprint density at radius 3 is 2.65 bits per heavy atom. The Morgan fingerprint density at radius 1 is 1.15 bits per heavy atom. The highest BCUT2D eigenvalue weighted by atomic mass is 32.1. The van der Waals surface area contributed by atoms with Crippen LogP contribution in [0.1, 0.15) is 16.4 Å². The van der Waals surface area contributed by atoms with E-state index in [1.165, 1.54) is 11.3 Å². The molecule has 0 fully saturated rings. The lowest BCUT2D eigenvalue weighted by Gasteiger charge is -2.18. The lowest BCUT2D eigenvalue weighted by Crippen LogP contribution is -2.20. The molecule has 1 unspecified atom stereocenters. The lowest BCUT2D eigenvalue weighted by atomic mass is 9.93. The average molecular weight is 369 g/mol. The van der Waals surface area contributed by atoms with Crippen LogP contribution in [-0.4, -0.2) is 43.2 Å². The van der Waals surface area contributed by atoms with Gasteiger partial charge in [0, 0.05) is 17.0 Å². The van der Waals surface area contributed by atoms with Gasteiger partial charge in [0.1, 0.15) is 12.4 Å². The monoisotopic (exact) mass is 369 g/mol. The van der Waals surface area contributed by atoms with E-state index in [0.29, 0.717) is 13.0 Å². The molecule has 3 aromatic rings. The van der Waals surface area contributed by atoms with Crippen LogP contribution in [-0.2, 0) is 11.2 Å². The number of carboxylic acid groups (broad SMARTS) is 1. The van der Waals surface area contributed by atoms with Crippen molar-refractivity contribution in [3.8, 4) is 5.75 Å². The highest BCUT2D eigenvalue weighted by Gasteiger charge is 2.24. The standard InChI is InChI=1S/C21H23NO3S/c1-22(2)11-12-25-19-10-9-15-6-3-4-7-16(15)17(19)14-18(21(23)24)20-8-5-13-26-20/h3-10,13,18H,11-12,14H2,1-2H3,(H,23,24). The van der Waals surface area contributed by atoms with Crippen molar-refractivity contribution in [1.29, 1.82) is 0 Å². The summed E-state index contributed by atoms with van der Waals surface area (Å²) >= 11 is 1.48. The molecule has 0 radical (unpaired) electrons. The summed E-state index contributed by atoms with van der Waals surface area (Å²) in [5.41, 5.74) is 0.961. The molecule has 0 amide bonds. The maximum absolute atomic E-state index is 11.9. The Balaban J connectivity index is 1.99. The van der Waals surface area contributed by atoms with Gasteiger partial charge in [-0.2, -0.15) is 0 Å². The number of ether oxygens (including phenoxy) is 1. The zero-order valence-corrected chi connectivity index (χ0v) is 15.8. The molecule has 0 aliphatic heterocycles. The summed E-state index contributed by atoms with van der Waals surface area (Å²) in [6, 6.07) is 15.8. The highest BCUT2D eigenvalue weighted by Crippen LogP contribution is 2.34. The predicted octanol–water partition coefficient (Wildman–Crippen LogP) is 4.25. The molecule has 1 atom stereocenters. The van der Waals surface area contributed by atoms with Gasteiger partial charge in [-0.1, -0.05) is 36.4 Å². The third-order valence-electron chi connectivity index (χ3n) is 4.39. The fourth-order valence-electron chi connectivity index (χ4n) is 3.00. The van der Waals surface area contributed by atoms with Crippen molar-refractivity contribution in [2.45, 2.75) is 12.3 Å². The van der Waals surface area contributed by atoms with Gasteiger partial charge in [-0.25, -0.2) is 0 Å². The minimum absolute atomic E-state index is 0.411. The van der Waals surface area contributed by atoms with E-state index >= 15 is 0 Å². The number of rotatable bonds is 8. The molecule has 1 heterocycles. The van der Waals surface area contributed by atoms with Crippen LogP contribution < -0.4 is 4.74 Å². The topological polar surface area (TPSA) is 49.8 Å². The third-order valence-corrected chi connectivity index (χ3v) is 5.37. The molecule has 3 rings (SSSR count). The molecule has 0 aliphatic carbocycles. The van der Waals surface area contributed by atoms with Crippen molar-refractivity contribution in [2.75, 3.05) is 27.2 Å². The van der Waals surface area contributed by atoms with E-state index in [-0.39, 0.29) is 0 Å². The Labute approximate surface area is 157 Å². The zero-order valence-electron chi connectivity index (χ0n) is 15.0. The van der Waals surface area contributed by atoms with Crippen LogP contribution in [0.25, 0.3) is 10.8 Å². The summed E-state index contributed by atoms with van der Waals surface area (Å²) in [6.45, 7) is 1.37. The number of carbonyl (C=O) groups is 1. The molecular formula is C21H23NO3S. The number of benzene rings is 2. The number of fused-ring (bicyclic) bond motifs is 1. The largest absolute Gasteiger partial charge is 0.492 e. The molecule has 5 heteroatoms. The van der Waals surface area contributed by atoms with Gasteiger partial charge >= 0.3 is 5.97 Å². The van der Waals surface area contributed by atoms with E-state index in [0.717, 1.165) is 33.5 Å². The van der Waals surface area contributed by atoms with Crippen LogP contribution >= 0.6 is 11.3 Å². The van der Waals surface area contributed by atoms with Gasteiger partial charge < -0.3 is 14.7 Å². The Bertz CT molecular complexity index is 874. The molecule has 0 bridgehead atoms. The van der Waals surface area contributed by atoms with Gasteiger partial charge in [0.15, 0.2) is 0 Å². The molecule has 136 valence electrons. The van der Waals surface area contributed by atoms with Crippen molar-refractivity contribution in [2.24, 2.45) is 0 Å². The first kappa shape index (κ1) is 18.4. The second-order valence-electron chi connectivity index (χ2n) is 6.53. The number of aliphatic carboxylic acids is 1. The van der Waals surface area contributed by atoms with Gasteiger partial charge in [-0.05, 0) is 48.8 Å². The zero-order chi connectivity index (χ0) is 18.5. The first-order valence-electron chi connectivity index (χ1n) is 8.60. The molecule has 0 saturated carbocycles. The highest BCUT2D eigenvalue weighted by molar-refractivity contribution is 7.10. The Morgan fingerprint density at radius 2 is 1.96 bits per heavy atom. The molecule has 4 nitrogen and oxygen atoms in total. The van der Waals surface area contributed by atoms with E-state index in [1.54, 1.807) is 0 Å². The quantitative estimate of drug-likeness (QED) is 0.645. The van der Waals surface area contributed by atoms with Gasteiger partial charge in [0.05, 0.1) is 5.92 Å². The fraction of sp³-hybridized carbons (Fsp3) is 0.286. The lowest BCUT2D eigenvalue weighted by molar-refractivity contribution is -0.138. The Hall–Kier alpha value is -2.37. The number of carboxylic acids is 1. The fourth-order valence-corrected chi connectivity index (χ4v) is 3.82. The third kappa shape index (κ3) is 4.23. The summed E-state index contributed by atoms with van der Waals surface area (Å²) in [7, 11) is 4.00. The smallest absolute Gasteiger partial charge is 0.312 e. The summed E-state index contributed by atoms with van der Waals surface area (Å²) in [5.74, 6) is -0.606. The number of hydrogen-bond acceptors (Lipinski definition) is 4. The van der Waals surface area contributed by atoms with Gasteiger partial charge in [-0.3, -0.25) is 4.79 Å². The summed E-state index contributed by atoms with van der Waals surface area (Å²) in [4.78, 5) is 14.8. The van der Waals surface area contributed by atoms with Gasteiger partial charge in [0.25, 0.3) is 0 Å². The SMILES string of the molecule is CN(C)CCOc1ccc2ccccc2c1CC(C(=O)O)c1cccs1. The summed E-state index contributed by atoms with van der Waals surface area (Å²) in [5, 5.41) is 13.8. The van der Waals surface area contributed by atoms with Crippen LogP contribution in [0.2, 0.25) is 0 Å². The van der Waals surface area contributed by atoms with Crippen LogP contribution in [0.15, 0.2) is 53.9 Å². The number of hydrogen-bond donors (Lipinski definition) is 1. The van der Waals surface area contributed by atoms with E-state index in [1.807, 2.05) is 68.0 Å². The van der Waals surface area contributed by atoms with Crippen LogP contribution in [0.5, 0.6) is 5.75 Å². The van der Waals surface area contributed by atoms with Crippen molar-refractivity contribution in [1.82, 2.24) is 4.90 Å². The number of thiophene rings is 1. The molecule has 26 heavy (non-hydrogen) atoms. The maximum Gasteiger partial charge on any atom is 0.312 e. The predicted molar refractivity (Wildman–Crippen MR) is 106 cm³/mol. The first-order chi connectivity index (χ1) is 12.6. The van der Waals surface area contributed by atoms with E-state index in [2.05, 4.69) is 4.90 Å². The molecule has 0 saturated heterocycles. The minimum atomic E-state index is -0.806. The molecule has 1 aromatic heterocycles. The molecule has 2 aromatic carbocycles. The molecule has 1 N–H and O–H groups in total. The van der Waals surface area contributed by atoms with E-state index in [9.17, 15) is 9.90 Å². The van der Waals surface area contributed by atoms with Crippen molar-refractivity contribution >= 4 is 28.1 Å². The Kier molecular flexibility index (Phi) is 5.91. The number of nitrogens with zero attached hydrogens (tertiary/aromatic N) is 1. The molecular weight excluding hydrogens is 346 g/mol. The average Bonchev–Trinajstić information content (AvgIpc) is 3.14. The van der Waals surface area contributed by atoms with Crippen LogP contribution in [0.3, 0.4) is 0 Å². The van der Waals surface area contributed by atoms with Gasteiger partial charge in [0.2, 0.25) is 0 Å². The van der Waals surface area contributed by atoms with Crippen molar-refractivity contribution in [3.05, 3.63) is 64.4 Å². The summed E-state index contributed by atoms with van der Waals surface area (Å²) in [6.07, 6.45) is 0.411. The minimum Gasteiger partial charge on any atom is -0.492 e. The van der Waals surface area contributed by atoms with Crippen molar-refractivity contribution in [3.63, 3.8) is 0 Å². The second kappa shape index (κ2) is 8.34. The number of likely N-dealkylation sites (N-methyl/N-ethyl adjacent to an activating group) is 1. The first-order valence-corrected chi connectivity index (χ1v) is 9.48. The normalized spacial score (nSPS) is 12.4. The van der Waals surface area contributed by atoms with Crippen LogP contribution in [0.4, 0.5) is 0 Å². The van der Waals surface area contributed by atoms with E-state index < -0.39 is 11.9 Å². The second-order valence-corrected chi connectivity index (χ2v) is 7.50.